The van der Waals surface area contributed by atoms with Crippen LogP contribution in [0, 0.1) is 17.2 Å². The quantitative estimate of drug-likeness (QED) is 0.809. The first-order chi connectivity index (χ1) is 10.5. The topological polar surface area (TPSA) is 102 Å². The van der Waals surface area contributed by atoms with Crippen molar-refractivity contribution < 1.29 is 19.8 Å². The molecule has 1 saturated heterocycles. The molecule has 0 unspecified atom stereocenters. The molecule has 6 heteroatoms. The number of carboxylic acid groups (broad SMARTS) is 1. The van der Waals surface area contributed by atoms with Gasteiger partial charge in [-0.3, -0.25) is 4.79 Å². The lowest BCUT2D eigenvalue weighted by atomic mass is 9.82. The summed E-state index contributed by atoms with van der Waals surface area (Å²) in [5.74, 6) is -2.05. The summed E-state index contributed by atoms with van der Waals surface area (Å²) in [5.41, 5.74) is 1.72. The van der Waals surface area contributed by atoms with Crippen LogP contribution >= 0.6 is 0 Å². The van der Waals surface area contributed by atoms with E-state index in [-0.39, 0.29) is 17.6 Å². The number of nitriles is 1. The van der Waals surface area contributed by atoms with E-state index in [2.05, 4.69) is 0 Å². The van der Waals surface area contributed by atoms with E-state index in [1.54, 1.807) is 31.2 Å². The van der Waals surface area contributed by atoms with Crippen LogP contribution in [0.1, 0.15) is 24.5 Å². The highest BCUT2D eigenvalue weighted by atomic mass is 16.4. The van der Waals surface area contributed by atoms with Crippen molar-refractivity contribution in [1.82, 2.24) is 4.90 Å². The lowest BCUT2D eigenvalue weighted by molar-refractivity contribution is -0.161. The predicted octanol–water partition coefficient (Wildman–Crippen LogP) is 0.965. The van der Waals surface area contributed by atoms with Crippen molar-refractivity contribution >= 4 is 17.4 Å². The van der Waals surface area contributed by atoms with E-state index in [0.717, 1.165) is 0 Å². The molecule has 1 aromatic carbocycles. The van der Waals surface area contributed by atoms with Crippen LogP contribution in [0.15, 0.2) is 30.0 Å². The van der Waals surface area contributed by atoms with E-state index in [1.807, 2.05) is 6.07 Å². The molecule has 2 aliphatic rings. The standard InChI is InChI=1S/C16H14N2O4/c1-8(19)13-12-6-11(10-4-2-9(7-17)3-5-10)14(16(21)22)18(12)15(13)20/h2-5,8,12-13,19H,6H2,1H3,(H,21,22)/t8-,12-,13-/m1/s1. The molecule has 1 aromatic rings. The largest absolute Gasteiger partial charge is 0.477 e. The van der Waals surface area contributed by atoms with Gasteiger partial charge in [0.2, 0.25) is 5.91 Å². The molecule has 2 heterocycles. The van der Waals surface area contributed by atoms with Gasteiger partial charge >= 0.3 is 5.97 Å². The normalized spacial score (nSPS) is 24.6. The maximum atomic E-state index is 12.1. The van der Waals surface area contributed by atoms with E-state index < -0.39 is 18.0 Å². The van der Waals surface area contributed by atoms with Crippen molar-refractivity contribution in [2.24, 2.45) is 5.92 Å². The molecule has 112 valence electrons. The summed E-state index contributed by atoms with van der Waals surface area (Å²) in [6.45, 7) is 1.54. The van der Waals surface area contributed by atoms with Crippen molar-refractivity contribution in [2.45, 2.75) is 25.5 Å². The summed E-state index contributed by atoms with van der Waals surface area (Å²) in [7, 11) is 0. The van der Waals surface area contributed by atoms with Crippen LogP contribution in [0.2, 0.25) is 0 Å². The maximum Gasteiger partial charge on any atom is 0.352 e. The summed E-state index contributed by atoms with van der Waals surface area (Å²) in [4.78, 5) is 24.9. The summed E-state index contributed by atoms with van der Waals surface area (Å²) in [5, 5.41) is 28.0. The second kappa shape index (κ2) is 4.97. The zero-order valence-electron chi connectivity index (χ0n) is 11.9. The lowest BCUT2D eigenvalue weighted by Gasteiger charge is -2.44. The molecule has 22 heavy (non-hydrogen) atoms. The SMILES string of the molecule is C[C@@H](O)[C@H]1C(=O)N2C(C(=O)O)=C(c3ccc(C#N)cc3)C[C@H]12. The van der Waals surface area contributed by atoms with Crippen molar-refractivity contribution in [3.63, 3.8) is 0 Å². The average molecular weight is 298 g/mol. The Morgan fingerprint density at radius 2 is 2.05 bits per heavy atom. The first-order valence-corrected chi connectivity index (χ1v) is 6.93. The number of carboxylic acids is 1. The highest BCUT2D eigenvalue weighted by molar-refractivity contribution is 6.06. The Labute approximate surface area is 126 Å². The number of fused-ring (bicyclic) bond motifs is 1. The first kappa shape index (κ1) is 14.3. The number of aliphatic carboxylic acids is 1. The van der Waals surface area contributed by atoms with Crippen molar-refractivity contribution in [3.05, 3.63) is 41.1 Å². The zero-order chi connectivity index (χ0) is 16.0. The first-order valence-electron chi connectivity index (χ1n) is 6.93. The summed E-state index contributed by atoms with van der Waals surface area (Å²) in [6.07, 6.45) is -0.404. The number of carbonyl (C=O) groups excluding carboxylic acids is 1. The highest BCUT2D eigenvalue weighted by Gasteiger charge is 2.56. The van der Waals surface area contributed by atoms with Gasteiger partial charge < -0.3 is 15.1 Å². The molecule has 3 atom stereocenters. The minimum atomic E-state index is -1.15. The van der Waals surface area contributed by atoms with Crippen LogP contribution in [-0.2, 0) is 9.59 Å². The number of amides is 1. The molecular weight excluding hydrogens is 284 g/mol. The van der Waals surface area contributed by atoms with Gasteiger partial charge in [-0.25, -0.2) is 4.79 Å². The van der Waals surface area contributed by atoms with Crippen LogP contribution in [-0.4, -0.2) is 39.1 Å². The Morgan fingerprint density at radius 3 is 2.55 bits per heavy atom. The van der Waals surface area contributed by atoms with Crippen molar-refractivity contribution in [1.29, 1.82) is 5.26 Å². The van der Waals surface area contributed by atoms with Gasteiger partial charge in [-0.05, 0) is 36.6 Å². The van der Waals surface area contributed by atoms with Gasteiger partial charge in [0, 0.05) is 0 Å². The van der Waals surface area contributed by atoms with Crippen LogP contribution < -0.4 is 0 Å². The molecule has 0 bridgehead atoms. The smallest absolute Gasteiger partial charge is 0.352 e. The predicted molar refractivity (Wildman–Crippen MR) is 76.1 cm³/mol. The van der Waals surface area contributed by atoms with E-state index in [4.69, 9.17) is 5.26 Å². The van der Waals surface area contributed by atoms with E-state index in [1.165, 1.54) is 4.90 Å². The molecule has 0 aromatic heterocycles. The molecule has 0 radical (unpaired) electrons. The maximum absolute atomic E-state index is 12.1. The number of nitrogens with zero attached hydrogens (tertiary/aromatic N) is 2. The minimum Gasteiger partial charge on any atom is -0.477 e. The fraction of sp³-hybridized carbons (Fsp3) is 0.312. The van der Waals surface area contributed by atoms with Gasteiger partial charge in [0.05, 0.1) is 29.7 Å². The molecule has 0 aliphatic carbocycles. The molecule has 2 N–H and O–H groups in total. The van der Waals surface area contributed by atoms with Gasteiger partial charge in [0.25, 0.3) is 0 Å². The molecule has 3 rings (SSSR count). The summed E-state index contributed by atoms with van der Waals surface area (Å²) in [6, 6.07) is 8.31. The molecular formula is C16H14N2O4. The van der Waals surface area contributed by atoms with E-state index in [9.17, 15) is 19.8 Å². The number of rotatable bonds is 3. The zero-order valence-corrected chi connectivity index (χ0v) is 11.9. The van der Waals surface area contributed by atoms with Gasteiger partial charge in [-0.15, -0.1) is 0 Å². The van der Waals surface area contributed by atoms with Crippen LogP contribution in [0.4, 0.5) is 0 Å². The Morgan fingerprint density at radius 1 is 1.41 bits per heavy atom. The number of aliphatic hydroxyl groups excluding tert-OH is 1. The average Bonchev–Trinajstić information content (AvgIpc) is 2.82. The van der Waals surface area contributed by atoms with Gasteiger partial charge in [0.15, 0.2) is 0 Å². The van der Waals surface area contributed by atoms with Crippen molar-refractivity contribution in [3.8, 4) is 6.07 Å². The van der Waals surface area contributed by atoms with Crippen LogP contribution in [0.3, 0.4) is 0 Å². The van der Waals surface area contributed by atoms with Gasteiger partial charge in [-0.2, -0.15) is 5.26 Å². The second-order valence-electron chi connectivity index (χ2n) is 5.57. The second-order valence-corrected chi connectivity index (χ2v) is 5.57. The molecule has 0 spiro atoms. The van der Waals surface area contributed by atoms with E-state index in [0.29, 0.717) is 23.1 Å². The number of aliphatic hydroxyl groups is 1. The Bertz CT molecular complexity index is 728. The number of β-lactam (4-membered cyclic amide) rings is 1. The third-order valence-corrected chi connectivity index (χ3v) is 4.29. The summed E-state index contributed by atoms with van der Waals surface area (Å²) >= 11 is 0. The number of hydrogen-bond donors (Lipinski definition) is 2. The van der Waals surface area contributed by atoms with Crippen LogP contribution in [0.5, 0.6) is 0 Å². The molecule has 1 amide bonds. The Balaban J connectivity index is 2.01. The number of hydrogen-bond acceptors (Lipinski definition) is 4. The van der Waals surface area contributed by atoms with Gasteiger partial charge in [0.1, 0.15) is 5.70 Å². The third-order valence-electron chi connectivity index (χ3n) is 4.29. The highest BCUT2D eigenvalue weighted by Crippen LogP contribution is 2.46. The van der Waals surface area contributed by atoms with Gasteiger partial charge in [-0.1, -0.05) is 12.1 Å². The minimum absolute atomic E-state index is 0.0170. The third kappa shape index (κ3) is 1.90. The molecule has 2 aliphatic heterocycles. The number of benzene rings is 1. The fourth-order valence-corrected chi connectivity index (χ4v) is 3.27. The van der Waals surface area contributed by atoms with E-state index >= 15 is 0 Å². The number of carbonyl (C=O) groups is 2. The monoisotopic (exact) mass is 298 g/mol. The molecule has 1 fully saturated rings. The fourth-order valence-electron chi connectivity index (χ4n) is 3.27. The summed E-state index contributed by atoms with van der Waals surface area (Å²) < 4.78 is 0. The molecule has 6 nitrogen and oxygen atoms in total. The lowest BCUT2D eigenvalue weighted by Crippen LogP contribution is -2.61. The van der Waals surface area contributed by atoms with Crippen LogP contribution in [0.25, 0.3) is 5.57 Å². The molecule has 0 saturated carbocycles. The van der Waals surface area contributed by atoms with Crippen molar-refractivity contribution in [2.75, 3.05) is 0 Å². The Kier molecular flexibility index (Phi) is 3.23. The Hall–Kier alpha value is -2.65.